The van der Waals surface area contributed by atoms with E-state index in [0.29, 0.717) is 19.5 Å². The summed E-state index contributed by atoms with van der Waals surface area (Å²) in [7, 11) is 0. The van der Waals surface area contributed by atoms with Crippen LogP contribution in [0.1, 0.15) is 36.4 Å². The van der Waals surface area contributed by atoms with Crippen molar-refractivity contribution in [2.45, 2.75) is 31.7 Å². The van der Waals surface area contributed by atoms with Gasteiger partial charge in [-0.2, -0.15) is 0 Å². The van der Waals surface area contributed by atoms with Crippen molar-refractivity contribution in [3.63, 3.8) is 0 Å². The van der Waals surface area contributed by atoms with Crippen LogP contribution in [0.5, 0.6) is 0 Å². The van der Waals surface area contributed by atoms with Crippen LogP contribution in [-0.4, -0.2) is 41.2 Å². The van der Waals surface area contributed by atoms with Crippen molar-refractivity contribution in [3.05, 3.63) is 71.8 Å². The number of amides is 2. The van der Waals surface area contributed by atoms with Crippen molar-refractivity contribution in [3.8, 4) is 0 Å². The summed E-state index contributed by atoms with van der Waals surface area (Å²) < 4.78 is 0. The predicted octanol–water partition coefficient (Wildman–Crippen LogP) is 3.44. The third kappa shape index (κ3) is 3.90. The van der Waals surface area contributed by atoms with E-state index in [1.54, 1.807) is 0 Å². The highest BCUT2D eigenvalue weighted by molar-refractivity contribution is 5.89. The first-order valence-corrected chi connectivity index (χ1v) is 9.89. The highest BCUT2D eigenvalue weighted by Gasteiger charge is 2.39. The summed E-state index contributed by atoms with van der Waals surface area (Å²) in [5.74, 6) is 0.0641. The Balaban J connectivity index is 1.38. The van der Waals surface area contributed by atoms with Gasteiger partial charge < -0.3 is 9.80 Å². The summed E-state index contributed by atoms with van der Waals surface area (Å²) in [6.45, 7) is 2.05. The molecule has 0 bridgehead atoms. The molecule has 27 heavy (non-hydrogen) atoms. The normalized spacial score (nSPS) is 22.4. The predicted molar refractivity (Wildman–Crippen MR) is 105 cm³/mol. The standard InChI is InChI=1S/C23H26N2O2/c26-22-16-20(17-24(22)15-13-18-8-3-1-4-9-18)23(27)25-14-7-12-21(25)19-10-5-2-6-11-19/h1-6,8-11,20-21H,7,12-17H2. The van der Waals surface area contributed by atoms with Gasteiger partial charge in [-0.05, 0) is 30.4 Å². The Labute approximate surface area is 160 Å². The van der Waals surface area contributed by atoms with E-state index < -0.39 is 0 Å². The molecule has 0 aliphatic carbocycles. The molecule has 2 heterocycles. The largest absolute Gasteiger partial charge is 0.342 e. The third-order valence-corrected chi connectivity index (χ3v) is 5.80. The molecule has 4 nitrogen and oxygen atoms in total. The lowest BCUT2D eigenvalue weighted by atomic mass is 10.0. The molecule has 2 saturated heterocycles. The minimum atomic E-state index is -0.197. The van der Waals surface area contributed by atoms with E-state index in [1.807, 2.05) is 46.2 Å². The molecule has 140 valence electrons. The topological polar surface area (TPSA) is 40.6 Å². The number of carbonyl (C=O) groups excluding carboxylic acids is 2. The summed E-state index contributed by atoms with van der Waals surface area (Å²) in [6, 6.07) is 20.6. The van der Waals surface area contributed by atoms with Crippen LogP contribution in [0.4, 0.5) is 0 Å². The summed E-state index contributed by atoms with van der Waals surface area (Å²) >= 11 is 0. The Morgan fingerprint density at radius 3 is 2.44 bits per heavy atom. The van der Waals surface area contributed by atoms with Crippen molar-refractivity contribution < 1.29 is 9.59 Å². The molecule has 4 heteroatoms. The van der Waals surface area contributed by atoms with Crippen molar-refractivity contribution in [1.29, 1.82) is 0 Å². The van der Waals surface area contributed by atoms with Crippen molar-refractivity contribution >= 4 is 11.8 Å². The lowest BCUT2D eigenvalue weighted by Crippen LogP contribution is -2.37. The second-order valence-electron chi connectivity index (χ2n) is 7.58. The molecule has 0 radical (unpaired) electrons. The summed E-state index contributed by atoms with van der Waals surface area (Å²) in [5, 5.41) is 0. The van der Waals surface area contributed by atoms with Gasteiger partial charge in [0.15, 0.2) is 0 Å². The van der Waals surface area contributed by atoms with Crippen LogP contribution in [-0.2, 0) is 16.0 Å². The van der Waals surface area contributed by atoms with Crippen LogP contribution < -0.4 is 0 Å². The van der Waals surface area contributed by atoms with Gasteiger partial charge in [0.1, 0.15) is 0 Å². The SMILES string of the molecule is O=C1CC(C(=O)N2CCCC2c2ccccc2)CN1CCc1ccccc1. The van der Waals surface area contributed by atoms with Crippen LogP contribution in [0.15, 0.2) is 60.7 Å². The number of carbonyl (C=O) groups is 2. The first kappa shape index (κ1) is 17.8. The zero-order valence-corrected chi connectivity index (χ0v) is 15.6. The van der Waals surface area contributed by atoms with E-state index in [2.05, 4.69) is 24.3 Å². The number of hydrogen-bond acceptors (Lipinski definition) is 2. The maximum Gasteiger partial charge on any atom is 0.228 e. The summed E-state index contributed by atoms with van der Waals surface area (Å²) in [4.78, 5) is 29.4. The van der Waals surface area contributed by atoms with Gasteiger partial charge >= 0.3 is 0 Å². The minimum absolute atomic E-state index is 0.111. The van der Waals surface area contributed by atoms with Gasteiger partial charge in [0.25, 0.3) is 0 Å². The van der Waals surface area contributed by atoms with Crippen LogP contribution in [0.3, 0.4) is 0 Å². The average molecular weight is 362 g/mol. The lowest BCUT2D eigenvalue weighted by Gasteiger charge is -2.27. The molecular formula is C23H26N2O2. The molecule has 0 aromatic heterocycles. The van der Waals surface area contributed by atoms with Gasteiger partial charge in [-0.1, -0.05) is 60.7 Å². The Bertz CT molecular complexity index is 791. The molecule has 2 aliphatic heterocycles. The molecule has 2 fully saturated rings. The van der Waals surface area contributed by atoms with Crippen LogP contribution in [0, 0.1) is 5.92 Å². The molecule has 0 N–H and O–H groups in total. The number of benzene rings is 2. The number of hydrogen-bond donors (Lipinski definition) is 0. The molecule has 2 aromatic rings. The van der Waals surface area contributed by atoms with Crippen molar-refractivity contribution in [1.82, 2.24) is 9.80 Å². The van der Waals surface area contributed by atoms with E-state index in [9.17, 15) is 9.59 Å². The van der Waals surface area contributed by atoms with Gasteiger partial charge in [-0.25, -0.2) is 0 Å². The second kappa shape index (κ2) is 7.95. The maximum atomic E-state index is 13.1. The van der Waals surface area contributed by atoms with E-state index in [4.69, 9.17) is 0 Å². The Kier molecular flexibility index (Phi) is 5.23. The van der Waals surface area contributed by atoms with E-state index in [-0.39, 0.29) is 23.8 Å². The fourth-order valence-corrected chi connectivity index (χ4v) is 4.35. The smallest absolute Gasteiger partial charge is 0.228 e. The fourth-order valence-electron chi connectivity index (χ4n) is 4.35. The Hall–Kier alpha value is -2.62. The second-order valence-corrected chi connectivity index (χ2v) is 7.58. The molecular weight excluding hydrogens is 336 g/mol. The first-order valence-electron chi connectivity index (χ1n) is 9.89. The van der Waals surface area contributed by atoms with E-state index >= 15 is 0 Å². The third-order valence-electron chi connectivity index (χ3n) is 5.80. The average Bonchev–Trinajstić information content (AvgIpc) is 3.34. The zero-order valence-electron chi connectivity index (χ0n) is 15.6. The van der Waals surface area contributed by atoms with Crippen LogP contribution in [0.2, 0.25) is 0 Å². The fraction of sp³-hybridized carbons (Fsp3) is 0.391. The number of rotatable bonds is 5. The highest BCUT2D eigenvalue weighted by Crippen LogP contribution is 2.34. The lowest BCUT2D eigenvalue weighted by molar-refractivity contribution is -0.136. The molecule has 2 aromatic carbocycles. The van der Waals surface area contributed by atoms with Gasteiger partial charge in [-0.3, -0.25) is 9.59 Å². The molecule has 0 saturated carbocycles. The quantitative estimate of drug-likeness (QED) is 0.817. The zero-order chi connectivity index (χ0) is 18.6. The van der Waals surface area contributed by atoms with Crippen molar-refractivity contribution in [2.24, 2.45) is 5.92 Å². The van der Waals surface area contributed by atoms with Gasteiger partial charge in [0.2, 0.25) is 11.8 Å². The monoisotopic (exact) mass is 362 g/mol. The summed E-state index contributed by atoms with van der Waals surface area (Å²) in [6.07, 6.45) is 3.23. The number of likely N-dealkylation sites (tertiary alicyclic amines) is 2. The molecule has 2 aliphatic rings. The van der Waals surface area contributed by atoms with Crippen molar-refractivity contribution in [2.75, 3.05) is 19.6 Å². The molecule has 2 amide bonds. The van der Waals surface area contributed by atoms with Gasteiger partial charge in [0.05, 0.1) is 12.0 Å². The van der Waals surface area contributed by atoms with Crippen LogP contribution >= 0.6 is 0 Å². The minimum Gasteiger partial charge on any atom is -0.342 e. The molecule has 0 spiro atoms. The Morgan fingerprint density at radius 1 is 1.00 bits per heavy atom. The number of nitrogens with zero attached hydrogens (tertiary/aromatic N) is 2. The van der Waals surface area contributed by atoms with Gasteiger partial charge in [0, 0.05) is 26.1 Å². The summed E-state index contributed by atoms with van der Waals surface area (Å²) in [5.41, 5.74) is 2.43. The highest BCUT2D eigenvalue weighted by atomic mass is 16.2. The van der Waals surface area contributed by atoms with E-state index in [0.717, 1.165) is 25.8 Å². The van der Waals surface area contributed by atoms with Gasteiger partial charge in [-0.15, -0.1) is 0 Å². The molecule has 2 atom stereocenters. The molecule has 4 rings (SSSR count). The maximum absolute atomic E-state index is 13.1. The molecule has 2 unspecified atom stereocenters. The van der Waals surface area contributed by atoms with Crippen LogP contribution in [0.25, 0.3) is 0 Å². The van der Waals surface area contributed by atoms with E-state index in [1.165, 1.54) is 11.1 Å². The first-order chi connectivity index (χ1) is 13.2. The Morgan fingerprint density at radius 2 is 1.70 bits per heavy atom.